The van der Waals surface area contributed by atoms with Gasteiger partial charge < -0.3 is 9.47 Å². The van der Waals surface area contributed by atoms with Crippen LogP contribution in [0.5, 0.6) is 5.75 Å². The number of hydrogen-bond donors (Lipinski definition) is 1. The lowest BCUT2D eigenvalue weighted by molar-refractivity contribution is -0.198. The third-order valence-electron chi connectivity index (χ3n) is 6.02. The Morgan fingerprint density at radius 1 is 1.05 bits per heavy atom. The van der Waals surface area contributed by atoms with E-state index in [1.54, 1.807) is 19.9 Å². The summed E-state index contributed by atoms with van der Waals surface area (Å²) in [7, 11) is 0. The molecular weight excluding hydrogens is 527 g/mol. The van der Waals surface area contributed by atoms with Crippen LogP contribution in [-0.4, -0.2) is 43.3 Å². The SMILES string of the molecule is CCOC(=O)c1c(-c2nccnc2C)[nH]n2c(=O)cc(-c3ccc(O[C@H](c4ccccc4)C(F)(F)F)cc3)nc12. The monoisotopic (exact) mass is 549 g/mol. The van der Waals surface area contributed by atoms with Gasteiger partial charge in [0, 0.05) is 29.6 Å². The predicted molar refractivity (Wildman–Crippen MR) is 139 cm³/mol. The summed E-state index contributed by atoms with van der Waals surface area (Å²) in [4.78, 5) is 39.1. The molecule has 0 aliphatic carbocycles. The van der Waals surface area contributed by atoms with Crippen molar-refractivity contribution in [1.82, 2.24) is 24.6 Å². The standard InChI is InChI=1S/C28H22F3N5O4/c1-3-39-27(38)22-24(23-16(2)32-13-14-33-23)35-36-21(37)15-20(34-26(22)36)17-9-11-19(12-10-17)40-25(28(29,30)31)18-7-5-4-6-8-18/h4-15,25,35H,3H2,1-2H3/t25-/m1/s1. The minimum absolute atomic E-state index is 0.000216. The number of carbonyl (C=O) groups excluding carboxylic acids is 1. The summed E-state index contributed by atoms with van der Waals surface area (Å²) in [5.74, 6) is -0.741. The molecule has 0 bridgehead atoms. The molecule has 40 heavy (non-hydrogen) atoms. The molecule has 9 nitrogen and oxygen atoms in total. The normalized spacial score (nSPS) is 12.3. The highest BCUT2D eigenvalue weighted by molar-refractivity contribution is 6.02. The molecule has 0 spiro atoms. The molecule has 3 aromatic heterocycles. The number of benzene rings is 2. The molecule has 0 aliphatic heterocycles. The van der Waals surface area contributed by atoms with Gasteiger partial charge in [0.25, 0.3) is 5.56 Å². The maximum absolute atomic E-state index is 13.7. The van der Waals surface area contributed by atoms with Gasteiger partial charge in [-0.25, -0.2) is 14.3 Å². The van der Waals surface area contributed by atoms with Crippen molar-refractivity contribution in [2.45, 2.75) is 26.1 Å². The van der Waals surface area contributed by atoms with E-state index < -0.39 is 23.8 Å². The van der Waals surface area contributed by atoms with Gasteiger partial charge in [0.15, 0.2) is 5.65 Å². The van der Waals surface area contributed by atoms with E-state index in [0.29, 0.717) is 17.0 Å². The molecule has 1 atom stereocenters. The second-order valence-electron chi connectivity index (χ2n) is 8.69. The quantitative estimate of drug-likeness (QED) is 0.274. The lowest BCUT2D eigenvalue weighted by Crippen LogP contribution is -2.26. The van der Waals surface area contributed by atoms with Gasteiger partial charge in [0.05, 0.1) is 18.0 Å². The minimum atomic E-state index is -4.64. The molecule has 0 fully saturated rings. The van der Waals surface area contributed by atoms with Crippen LogP contribution in [0.1, 0.15) is 34.6 Å². The topological polar surface area (TPSA) is 111 Å². The van der Waals surface area contributed by atoms with Crippen molar-refractivity contribution in [1.29, 1.82) is 0 Å². The maximum atomic E-state index is 13.7. The number of ether oxygens (including phenoxy) is 2. The van der Waals surface area contributed by atoms with Gasteiger partial charge in [0.2, 0.25) is 6.10 Å². The molecule has 12 heteroatoms. The summed E-state index contributed by atoms with van der Waals surface area (Å²) < 4.78 is 52.8. The number of nitrogens with one attached hydrogen (secondary N) is 1. The predicted octanol–water partition coefficient (Wildman–Crippen LogP) is 5.31. The molecule has 0 aliphatic rings. The fourth-order valence-corrected chi connectivity index (χ4v) is 4.20. The Morgan fingerprint density at radius 2 is 1.75 bits per heavy atom. The number of H-pyrrole nitrogens is 1. The van der Waals surface area contributed by atoms with E-state index in [1.165, 1.54) is 67.0 Å². The molecule has 3 heterocycles. The first kappa shape index (κ1) is 26.6. The molecule has 0 radical (unpaired) electrons. The number of aryl methyl sites for hydroxylation is 1. The summed E-state index contributed by atoms with van der Waals surface area (Å²) in [5, 5.41) is 2.88. The van der Waals surface area contributed by atoms with Crippen molar-refractivity contribution in [3.8, 4) is 28.4 Å². The molecule has 0 amide bonds. The molecule has 2 aromatic carbocycles. The zero-order chi connectivity index (χ0) is 28.4. The Balaban J connectivity index is 1.55. The van der Waals surface area contributed by atoms with E-state index in [1.807, 2.05) is 0 Å². The van der Waals surface area contributed by atoms with Gasteiger partial charge in [-0.15, -0.1) is 0 Å². The van der Waals surface area contributed by atoms with E-state index in [9.17, 15) is 22.8 Å². The number of carbonyl (C=O) groups is 1. The van der Waals surface area contributed by atoms with Crippen molar-refractivity contribution >= 4 is 11.6 Å². The highest BCUT2D eigenvalue weighted by Crippen LogP contribution is 2.37. The second-order valence-corrected chi connectivity index (χ2v) is 8.69. The highest BCUT2D eigenvalue weighted by atomic mass is 19.4. The van der Waals surface area contributed by atoms with Crippen LogP contribution in [0.2, 0.25) is 0 Å². The van der Waals surface area contributed by atoms with Crippen LogP contribution in [0.15, 0.2) is 77.9 Å². The third kappa shape index (κ3) is 5.15. The van der Waals surface area contributed by atoms with Crippen LogP contribution in [0.25, 0.3) is 28.3 Å². The van der Waals surface area contributed by atoms with E-state index in [2.05, 4.69) is 20.1 Å². The number of halogens is 3. The lowest BCUT2D eigenvalue weighted by Gasteiger charge is -2.22. The number of fused-ring (bicyclic) bond motifs is 1. The number of aromatic amines is 1. The fraction of sp³-hybridized carbons (Fsp3) is 0.179. The Morgan fingerprint density at radius 3 is 2.40 bits per heavy atom. The summed E-state index contributed by atoms with van der Waals surface area (Å²) >= 11 is 0. The highest BCUT2D eigenvalue weighted by Gasteiger charge is 2.43. The molecule has 0 saturated carbocycles. The summed E-state index contributed by atoms with van der Waals surface area (Å²) in [6, 6.07) is 14.2. The van der Waals surface area contributed by atoms with Crippen molar-refractivity contribution in [3.05, 3.63) is 100 Å². The fourth-order valence-electron chi connectivity index (χ4n) is 4.20. The van der Waals surface area contributed by atoms with Crippen LogP contribution in [-0.2, 0) is 4.74 Å². The average molecular weight is 550 g/mol. The van der Waals surface area contributed by atoms with Gasteiger partial charge in [-0.3, -0.25) is 19.9 Å². The van der Waals surface area contributed by atoms with E-state index in [4.69, 9.17) is 9.47 Å². The van der Waals surface area contributed by atoms with Crippen LogP contribution in [0, 0.1) is 6.92 Å². The summed E-state index contributed by atoms with van der Waals surface area (Å²) in [5.41, 5.74) is 1.12. The Labute approximate surface area is 225 Å². The number of alkyl halides is 3. The van der Waals surface area contributed by atoms with Gasteiger partial charge in [-0.2, -0.15) is 13.2 Å². The summed E-state index contributed by atoms with van der Waals surface area (Å²) in [6.07, 6.45) is -3.85. The molecule has 1 N–H and O–H groups in total. The van der Waals surface area contributed by atoms with E-state index in [0.717, 1.165) is 4.52 Å². The average Bonchev–Trinajstić information content (AvgIpc) is 3.32. The smallest absolute Gasteiger partial charge is 0.429 e. The molecular formula is C28H22F3N5O4. The maximum Gasteiger partial charge on any atom is 0.429 e. The van der Waals surface area contributed by atoms with E-state index >= 15 is 0 Å². The third-order valence-corrected chi connectivity index (χ3v) is 6.02. The van der Waals surface area contributed by atoms with Crippen LogP contribution >= 0.6 is 0 Å². The Hall–Kier alpha value is -5.00. The molecule has 5 aromatic rings. The first-order valence-electron chi connectivity index (χ1n) is 12.2. The van der Waals surface area contributed by atoms with Crippen LogP contribution in [0.3, 0.4) is 0 Å². The van der Waals surface area contributed by atoms with Crippen molar-refractivity contribution in [2.24, 2.45) is 0 Å². The molecule has 0 saturated heterocycles. The minimum Gasteiger partial charge on any atom is -0.476 e. The Bertz CT molecular complexity index is 1730. The Kier molecular flexibility index (Phi) is 7.07. The van der Waals surface area contributed by atoms with Crippen LogP contribution in [0.4, 0.5) is 13.2 Å². The van der Waals surface area contributed by atoms with Crippen LogP contribution < -0.4 is 10.3 Å². The number of nitrogens with zero attached hydrogens (tertiary/aromatic N) is 4. The number of rotatable bonds is 7. The molecule has 0 unspecified atom stereocenters. The first-order valence-corrected chi connectivity index (χ1v) is 12.2. The largest absolute Gasteiger partial charge is 0.476 e. The van der Waals surface area contributed by atoms with Gasteiger partial charge in [-0.1, -0.05) is 30.3 Å². The zero-order valence-electron chi connectivity index (χ0n) is 21.3. The van der Waals surface area contributed by atoms with Crippen molar-refractivity contribution in [2.75, 3.05) is 6.61 Å². The molecule has 204 valence electrons. The second kappa shape index (κ2) is 10.6. The lowest BCUT2D eigenvalue weighted by atomic mass is 10.1. The first-order chi connectivity index (χ1) is 19.2. The number of aromatic nitrogens is 5. The number of hydrogen-bond acceptors (Lipinski definition) is 7. The number of esters is 1. The van der Waals surface area contributed by atoms with Crippen molar-refractivity contribution < 1.29 is 27.4 Å². The van der Waals surface area contributed by atoms with Gasteiger partial charge >= 0.3 is 12.1 Å². The molecule has 5 rings (SSSR count). The van der Waals surface area contributed by atoms with Gasteiger partial charge in [-0.05, 0) is 38.1 Å². The summed E-state index contributed by atoms with van der Waals surface area (Å²) in [6.45, 7) is 3.44. The van der Waals surface area contributed by atoms with Crippen molar-refractivity contribution in [3.63, 3.8) is 0 Å². The zero-order valence-corrected chi connectivity index (χ0v) is 21.3. The van der Waals surface area contributed by atoms with Gasteiger partial charge in [0.1, 0.15) is 22.7 Å². The van der Waals surface area contributed by atoms with E-state index in [-0.39, 0.29) is 40.5 Å².